The summed E-state index contributed by atoms with van der Waals surface area (Å²) in [7, 11) is 0. The smallest absolute Gasteiger partial charge is 0.267 e. The zero-order chi connectivity index (χ0) is 18.8. The summed E-state index contributed by atoms with van der Waals surface area (Å²) in [4.78, 5) is 21.8. The highest BCUT2D eigenvalue weighted by molar-refractivity contribution is 7.17. The van der Waals surface area contributed by atoms with Crippen LogP contribution in [-0.2, 0) is 6.54 Å². The Morgan fingerprint density at radius 3 is 2.89 bits per heavy atom. The summed E-state index contributed by atoms with van der Waals surface area (Å²) in [5, 5.41) is 3.67. The van der Waals surface area contributed by atoms with Crippen LogP contribution in [0, 0.1) is 13.8 Å². The van der Waals surface area contributed by atoms with E-state index in [2.05, 4.69) is 15.3 Å². The summed E-state index contributed by atoms with van der Waals surface area (Å²) in [5.74, 6) is 1.33. The fraction of sp³-hybridized carbons (Fsp3) is 0.150. The van der Waals surface area contributed by atoms with E-state index in [1.807, 2.05) is 61.0 Å². The van der Waals surface area contributed by atoms with Gasteiger partial charge in [-0.15, -0.1) is 11.3 Å². The van der Waals surface area contributed by atoms with Crippen molar-refractivity contribution in [1.82, 2.24) is 14.5 Å². The van der Waals surface area contributed by atoms with Crippen molar-refractivity contribution in [3.05, 3.63) is 77.0 Å². The number of nitrogens with one attached hydrogen (secondary N) is 1. The lowest BCUT2D eigenvalue weighted by molar-refractivity contribution is 0.103. The molecule has 1 amide bonds. The average molecular weight is 378 g/mol. The first kappa shape index (κ1) is 17.2. The monoisotopic (exact) mass is 378 g/mol. The zero-order valence-corrected chi connectivity index (χ0v) is 15.8. The molecule has 3 heterocycles. The van der Waals surface area contributed by atoms with Gasteiger partial charge in [-0.1, -0.05) is 12.1 Å². The zero-order valence-electron chi connectivity index (χ0n) is 15.0. The van der Waals surface area contributed by atoms with E-state index in [0.717, 1.165) is 17.0 Å². The Morgan fingerprint density at radius 2 is 2.15 bits per heavy atom. The predicted octanol–water partition coefficient (Wildman–Crippen LogP) is 4.52. The summed E-state index contributed by atoms with van der Waals surface area (Å²) in [6.45, 7) is 4.42. The summed E-state index contributed by atoms with van der Waals surface area (Å²) in [6.07, 6.45) is 5.42. The molecule has 0 atom stereocenters. The highest BCUT2D eigenvalue weighted by Gasteiger charge is 2.18. The molecule has 136 valence electrons. The van der Waals surface area contributed by atoms with E-state index in [-0.39, 0.29) is 5.91 Å². The maximum absolute atomic E-state index is 12.7. The van der Waals surface area contributed by atoms with Crippen LogP contribution in [0.5, 0.6) is 0 Å². The molecule has 0 saturated carbocycles. The minimum atomic E-state index is -0.167. The second kappa shape index (κ2) is 7.20. The molecule has 27 heavy (non-hydrogen) atoms. The van der Waals surface area contributed by atoms with E-state index < -0.39 is 0 Å². The van der Waals surface area contributed by atoms with Crippen molar-refractivity contribution >= 4 is 22.9 Å². The molecule has 3 aromatic heterocycles. The molecule has 0 fully saturated rings. The number of hydrogen-bond donors (Lipinski definition) is 1. The van der Waals surface area contributed by atoms with Crippen molar-refractivity contribution < 1.29 is 9.21 Å². The van der Waals surface area contributed by atoms with Crippen LogP contribution in [0.15, 0.2) is 59.5 Å². The van der Waals surface area contributed by atoms with Crippen LogP contribution in [-0.4, -0.2) is 20.4 Å². The lowest BCUT2D eigenvalue weighted by atomic mass is 10.2. The maximum atomic E-state index is 12.7. The third-order valence-electron chi connectivity index (χ3n) is 4.06. The lowest BCUT2D eigenvalue weighted by Gasteiger charge is -2.07. The maximum Gasteiger partial charge on any atom is 0.267 e. The molecule has 0 aliphatic carbocycles. The van der Waals surface area contributed by atoms with E-state index in [1.54, 1.807) is 12.5 Å². The molecule has 1 N–H and O–H groups in total. The molecule has 0 unspecified atom stereocenters. The topological polar surface area (TPSA) is 73.0 Å². The van der Waals surface area contributed by atoms with Crippen LogP contribution >= 0.6 is 11.3 Å². The van der Waals surface area contributed by atoms with Crippen molar-refractivity contribution in [3.8, 4) is 10.8 Å². The number of furan rings is 1. The molecule has 6 nitrogen and oxygen atoms in total. The highest BCUT2D eigenvalue weighted by atomic mass is 32.1. The van der Waals surface area contributed by atoms with Crippen molar-refractivity contribution in [2.24, 2.45) is 0 Å². The van der Waals surface area contributed by atoms with Gasteiger partial charge in [-0.25, -0.2) is 9.97 Å². The van der Waals surface area contributed by atoms with E-state index in [0.29, 0.717) is 27.9 Å². The Hall–Kier alpha value is -3.19. The van der Waals surface area contributed by atoms with Gasteiger partial charge >= 0.3 is 0 Å². The fourth-order valence-electron chi connectivity index (χ4n) is 2.79. The van der Waals surface area contributed by atoms with E-state index in [1.165, 1.54) is 11.3 Å². The van der Waals surface area contributed by atoms with Crippen LogP contribution < -0.4 is 5.32 Å². The van der Waals surface area contributed by atoms with Gasteiger partial charge in [0.2, 0.25) is 0 Å². The Kier molecular flexibility index (Phi) is 4.60. The van der Waals surface area contributed by atoms with Gasteiger partial charge in [-0.05, 0) is 43.7 Å². The number of hydrogen-bond acceptors (Lipinski definition) is 5. The van der Waals surface area contributed by atoms with E-state index >= 15 is 0 Å². The van der Waals surface area contributed by atoms with Crippen molar-refractivity contribution in [2.75, 3.05) is 5.32 Å². The summed E-state index contributed by atoms with van der Waals surface area (Å²) >= 11 is 1.33. The Labute approximate surface area is 160 Å². The second-order valence-electron chi connectivity index (χ2n) is 6.23. The summed E-state index contributed by atoms with van der Waals surface area (Å²) < 4.78 is 7.59. The van der Waals surface area contributed by atoms with Gasteiger partial charge < -0.3 is 14.3 Å². The van der Waals surface area contributed by atoms with Crippen molar-refractivity contribution in [2.45, 2.75) is 20.4 Å². The normalized spacial score (nSPS) is 10.9. The van der Waals surface area contributed by atoms with Gasteiger partial charge in [-0.3, -0.25) is 4.79 Å². The number of thiazole rings is 1. The molecule has 4 aromatic rings. The molecule has 0 bridgehead atoms. The van der Waals surface area contributed by atoms with Crippen molar-refractivity contribution in [1.29, 1.82) is 0 Å². The number of benzene rings is 1. The van der Waals surface area contributed by atoms with E-state index in [9.17, 15) is 4.79 Å². The molecule has 0 aliphatic heterocycles. The largest absolute Gasteiger partial charge is 0.459 e. The van der Waals surface area contributed by atoms with Crippen LogP contribution in [0.25, 0.3) is 10.8 Å². The van der Waals surface area contributed by atoms with Gasteiger partial charge in [0, 0.05) is 24.6 Å². The third kappa shape index (κ3) is 3.83. The Balaban J connectivity index is 1.52. The van der Waals surface area contributed by atoms with Gasteiger partial charge in [0.25, 0.3) is 5.91 Å². The predicted molar refractivity (Wildman–Crippen MR) is 105 cm³/mol. The highest BCUT2D eigenvalue weighted by Crippen LogP contribution is 2.29. The van der Waals surface area contributed by atoms with Crippen LogP contribution in [0.4, 0.5) is 5.69 Å². The first-order chi connectivity index (χ1) is 13.1. The Bertz CT molecular complexity index is 1080. The number of carbonyl (C=O) groups is 1. The first-order valence-electron chi connectivity index (χ1n) is 8.49. The molecule has 1 aromatic carbocycles. The number of aryl methyl sites for hydroxylation is 2. The average Bonchev–Trinajstić information content (AvgIpc) is 3.37. The minimum absolute atomic E-state index is 0.167. The Morgan fingerprint density at radius 1 is 1.26 bits per heavy atom. The first-order valence-corrected chi connectivity index (χ1v) is 9.30. The number of amides is 1. The number of carbonyl (C=O) groups excluding carboxylic acids is 1. The van der Waals surface area contributed by atoms with Gasteiger partial charge in [0.05, 0.1) is 12.0 Å². The SMILES string of the molecule is Cc1ccc(-c2nc(C)c(C(=O)Nc3cccc(Cn4ccnc4)c3)s2)o1. The molecular formula is C20H18N4O2S. The second-order valence-corrected chi connectivity index (χ2v) is 7.23. The van der Waals surface area contributed by atoms with Crippen LogP contribution in [0.2, 0.25) is 0 Å². The summed E-state index contributed by atoms with van der Waals surface area (Å²) in [6, 6.07) is 11.5. The number of anilines is 1. The molecule has 4 rings (SSSR count). The number of aromatic nitrogens is 3. The van der Waals surface area contributed by atoms with Gasteiger partial charge in [0.15, 0.2) is 10.8 Å². The third-order valence-corrected chi connectivity index (χ3v) is 5.23. The molecule has 7 heteroatoms. The van der Waals surface area contributed by atoms with Crippen LogP contribution in [0.3, 0.4) is 0 Å². The quantitative estimate of drug-likeness (QED) is 0.554. The number of rotatable bonds is 5. The summed E-state index contributed by atoms with van der Waals surface area (Å²) in [5.41, 5.74) is 2.52. The van der Waals surface area contributed by atoms with Gasteiger partial charge in [0.1, 0.15) is 10.6 Å². The number of imidazole rings is 1. The molecule has 0 saturated heterocycles. The molecule has 0 spiro atoms. The standard InChI is InChI=1S/C20H18N4O2S/c1-13-6-7-17(26-13)20-22-14(2)18(27-20)19(25)23-16-5-3-4-15(10-16)11-24-9-8-21-12-24/h3-10,12H,11H2,1-2H3,(H,23,25). The number of nitrogens with zero attached hydrogens (tertiary/aromatic N) is 3. The van der Waals surface area contributed by atoms with Crippen LogP contribution in [0.1, 0.15) is 26.7 Å². The molecule has 0 aliphatic rings. The lowest BCUT2D eigenvalue weighted by Crippen LogP contribution is -2.11. The van der Waals surface area contributed by atoms with Crippen molar-refractivity contribution in [3.63, 3.8) is 0 Å². The fourth-order valence-corrected chi connectivity index (χ4v) is 3.71. The minimum Gasteiger partial charge on any atom is -0.459 e. The molecular weight excluding hydrogens is 360 g/mol. The van der Waals surface area contributed by atoms with E-state index in [4.69, 9.17) is 4.42 Å². The van der Waals surface area contributed by atoms with Gasteiger partial charge in [-0.2, -0.15) is 0 Å². The molecule has 0 radical (unpaired) electrons.